The van der Waals surface area contributed by atoms with Gasteiger partial charge in [0.25, 0.3) is 0 Å². The van der Waals surface area contributed by atoms with Crippen molar-refractivity contribution < 1.29 is 33.7 Å². The number of hydrogen-bond acceptors (Lipinski definition) is 6. The summed E-state index contributed by atoms with van der Waals surface area (Å²) < 4.78 is 24.9. The van der Waals surface area contributed by atoms with Crippen LogP contribution in [-0.4, -0.2) is 50.8 Å². The molecule has 1 fully saturated rings. The first kappa shape index (κ1) is 26.9. The average molecular weight is 524 g/mol. The minimum Gasteiger partial charge on any atom is -0.478 e. The van der Waals surface area contributed by atoms with Gasteiger partial charge in [0.1, 0.15) is 28.9 Å². The average Bonchev–Trinajstić information content (AvgIpc) is 2.85. The third kappa shape index (κ3) is 7.19. The Morgan fingerprint density at radius 3 is 2.21 bits per heavy atom. The lowest BCUT2D eigenvalue weighted by Gasteiger charge is -2.39. The fraction of sp³-hybridized carbons (Fsp3) is 0.321. The lowest BCUT2D eigenvalue weighted by molar-refractivity contribution is -0.0268. The largest absolute Gasteiger partial charge is 0.478 e. The zero-order valence-electron chi connectivity index (χ0n) is 21.2. The van der Waals surface area contributed by atoms with Crippen LogP contribution in [0.5, 0.6) is 23.1 Å². The van der Waals surface area contributed by atoms with E-state index in [9.17, 15) is 19.1 Å². The Morgan fingerprint density at radius 1 is 1.00 bits per heavy atom. The van der Waals surface area contributed by atoms with Gasteiger partial charge < -0.3 is 24.6 Å². The summed E-state index contributed by atoms with van der Waals surface area (Å²) in [6.07, 6.45) is 1.65. The highest BCUT2D eigenvalue weighted by Crippen LogP contribution is 2.32. The summed E-state index contributed by atoms with van der Waals surface area (Å²) in [5.74, 6) is 0.121. The number of carboxylic acid groups (broad SMARTS) is 1. The fourth-order valence-corrected chi connectivity index (χ4v) is 4.36. The lowest BCUT2D eigenvalue weighted by atomic mass is 9.84. The molecule has 0 unspecified atom stereocenters. The van der Waals surface area contributed by atoms with Crippen molar-refractivity contribution in [3.63, 3.8) is 0 Å². The monoisotopic (exact) mass is 523 g/mol. The minimum atomic E-state index is -1.06. The Morgan fingerprint density at radius 2 is 1.61 bits per heavy atom. The van der Waals surface area contributed by atoms with Crippen LogP contribution >= 0.6 is 0 Å². The molecule has 2 heterocycles. The molecule has 2 amide bonds. The number of hydrogen-bond donors (Lipinski definition) is 3. The number of likely N-dealkylation sites (tertiary alicyclic amines) is 1. The number of nitrogens with zero attached hydrogens (tertiary/aromatic N) is 2. The van der Waals surface area contributed by atoms with E-state index in [1.807, 2.05) is 0 Å². The quantitative estimate of drug-likeness (QED) is 0.336. The molecule has 0 atom stereocenters. The van der Waals surface area contributed by atoms with Crippen LogP contribution in [0.3, 0.4) is 0 Å². The van der Waals surface area contributed by atoms with Gasteiger partial charge in [-0.1, -0.05) is 13.8 Å². The molecule has 0 bridgehead atoms. The molecule has 0 aliphatic carbocycles. The van der Waals surface area contributed by atoms with Crippen molar-refractivity contribution in [1.82, 2.24) is 9.88 Å². The molecule has 1 aromatic heterocycles. The maximum atomic E-state index is 13.3. The molecule has 9 nitrogen and oxygen atoms in total. The molecule has 0 spiro atoms. The molecule has 0 saturated carbocycles. The number of carboxylic acids is 1. The Kier molecular flexibility index (Phi) is 8.11. The molecule has 1 saturated heterocycles. The summed E-state index contributed by atoms with van der Waals surface area (Å²) in [5.41, 5.74) is -0.669. The van der Waals surface area contributed by atoms with Gasteiger partial charge in [-0.25, -0.2) is 14.0 Å². The molecule has 38 heavy (non-hydrogen) atoms. The van der Waals surface area contributed by atoms with Crippen molar-refractivity contribution >= 4 is 17.8 Å². The van der Waals surface area contributed by atoms with Gasteiger partial charge in [-0.15, -0.1) is 0 Å². The number of benzene rings is 2. The van der Waals surface area contributed by atoms with Gasteiger partial charge in [-0.3, -0.25) is 5.32 Å². The maximum absolute atomic E-state index is 13.3. The van der Waals surface area contributed by atoms with Crippen LogP contribution in [0.25, 0.3) is 0 Å². The molecule has 3 N–H and O–H groups in total. The van der Waals surface area contributed by atoms with Crippen LogP contribution in [0.1, 0.15) is 43.5 Å². The number of aliphatic hydroxyl groups is 1. The number of urea groups is 1. The van der Waals surface area contributed by atoms with Crippen molar-refractivity contribution in [1.29, 1.82) is 0 Å². The van der Waals surface area contributed by atoms with Crippen LogP contribution < -0.4 is 14.8 Å². The third-order valence-corrected chi connectivity index (χ3v) is 6.15. The molecule has 3 aromatic rings. The number of rotatable bonds is 8. The number of nitrogens with one attached hydrogen (secondary N) is 1. The van der Waals surface area contributed by atoms with E-state index in [4.69, 9.17) is 14.6 Å². The number of amides is 2. The first-order valence-electron chi connectivity index (χ1n) is 12.3. The molecule has 1 aliphatic heterocycles. The Hall–Kier alpha value is -4.18. The fourth-order valence-electron chi connectivity index (χ4n) is 4.36. The van der Waals surface area contributed by atoms with E-state index in [2.05, 4.69) is 24.1 Å². The molecule has 4 rings (SSSR count). The Labute approximate surface area is 219 Å². The van der Waals surface area contributed by atoms with Crippen molar-refractivity contribution in [3.8, 4) is 23.1 Å². The molecular weight excluding hydrogens is 493 g/mol. The van der Waals surface area contributed by atoms with Gasteiger partial charge >= 0.3 is 12.0 Å². The highest BCUT2D eigenvalue weighted by Gasteiger charge is 2.34. The van der Waals surface area contributed by atoms with Crippen molar-refractivity contribution in [2.75, 3.05) is 18.4 Å². The number of aromatic nitrogens is 1. The summed E-state index contributed by atoms with van der Waals surface area (Å²) in [7, 11) is 0. The number of ether oxygens (including phenoxy) is 2. The predicted molar refractivity (Wildman–Crippen MR) is 138 cm³/mol. The molecular formula is C28H30FN3O6. The molecule has 10 heteroatoms. The summed E-state index contributed by atoms with van der Waals surface area (Å²) >= 11 is 0. The number of carbonyl (C=O) groups excluding carboxylic acids is 1. The molecule has 0 radical (unpaired) electrons. The van der Waals surface area contributed by atoms with Crippen LogP contribution in [0, 0.1) is 11.7 Å². The zero-order chi connectivity index (χ0) is 27.3. The first-order valence-corrected chi connectivity index (χ1v) is 12.3. The maximum Gasteiger partial charge on any atom is 0.335 e. The molecule has 2 aromatic carbocycles. The standard InChI is InChI=1S/C28H30FN3O6/c1-18(2)17-28(36)11-13-32(14-12-28)27(35)31-24-15-23(37-21-9-5-20(29)6-10-21)16-25(30-24)38-22-7-3-19(4-8-22)26(33)34/h3-10,15-16,18,36H,11-14,17H2,1-2H3,(H,33,34)(H,30,31,35). The van der Waals surface area contributed by atoms with Crippen LogP contribution in [-0.2, 0) is 0 Å². The van der Waals surface area contributed by atoms with Crippen molar-refractivity contribution in [2.45, 2.75) is 38.7 Å². The van der Waals surface area contributed by atoms with Gasteiger partial charge in [0.2, 0.25) is 5.88 Å². The Bertz CT molecular complexity index is 1270. The number of anilines is 1. The van der Waals surface area contributed by atoms with E-state index < -0.39 is 17.4 Å². The normalized spacial score (nSPS) is 14.7. The van der Waals surface area contributed by atoms with E-state index >= 15 is 0 Å². The van der Waals surface area contributed by atoms with E-state index in [1.54, 1.807) is 4.90 Å². The van der Waals surface area contributed by atoms with E-state index in [0.717, 1.165) is 0 Å². The van der Waals surface area contributed by atoms with Gasteiger partial charge in [-0.2, -0.15) is 4.98 Å². The van der Waals surface area contributed by atoms with Crippen LogP contribution in [0.2, 0.25) is 0 Å². The summed E-state index contributed by atoms with van der Waals surface area (Å²) in [6.45, 7) is 4.92. The topological polar surface area (TPSA) is 121 Å². The highest BCUT2D eigenvalue weighted by atomic mass is 19.1. The predicted octanol–water partition coefficient (Wildman–Crippen LogP) is 5.91. The zero-order valence-corrected chi connectivity index (χ0v) is 21.2. The summed E-state index contributed by atoms with van der Waals surface area (Å²) in [4.78, 5) is 30.1. The van der Waals surface area contributed by atoms with E-state index in [1.165, 1.54) is 60.7 Å². The van der Waals surface area contributed by atoms with E-state index in [0.29, 0.717) is 49.8 Å². The second-order valence-corrected chi connectivity index (χ2v) is 9.75. The highest BCUT2D eigenvalue weighted by molar-refractivity contribution is 5.89. The second-order valence-electron chi connectivity index (χ2n) is 9.75. The van der Waals surface area contributed by atoms with Crippen LogP contribution in [0.4, 0.5) is 15.0 Å². The second kappa shape index (κ2) is 11.5. The number of carbonyl (C=O) groups is 2. The van der Waals surface area contributed by atoms with E-state index in [-0.39, 0.29) is 29.0 Å². The third-order valence-electron chi connectivity index (χ3n) is 6.15. The molecule has 1 aliphatic rings. The number of piperidine rings is 1. The lowest BCUT2D eigenvalue weighted by Crippen LogP contribution is -2.48. The number of halogens is 1. The minimum absolute atomic E-state index is 0.0907. The summed E-state index contributed by atoms with van der Waals surface area (Å²) in [6, 6.07) is 13.9. The van der Waals surface area contributed by atoms with Crippen LogP contribution in [0.15, 0.2) is 60.7 Å². The van der Waals surface area contributed by atoms with Gasteiger partial charge in [0, 0.05) is 25.2 Å². The van der Waals surface area contributed by atoms with Gasteiger partial charge in [-0.05, 0) is 73.7 Å². The number of pyridine rings is 1. The SMILES string of the molecule is CC(C)CC1(O)CCN(C(=O)Nc2cc(Oc3ccc(F)cc3)cc(Oc3ccc(C(=O)O)cc3)n2)CC1. The molecule has 200 valence electrons. The van der Waals surface area contributed by atoms with Gasteiger partial charge in [0.15, 0.2) is 0 Å². The Balaban J connectivity index is 1.52. The smallest absolute Gasteiger partial charge is 0.335 e. The first-order chi connectivity index (χ1) is 18.1. The summed E-state index contributed by atoms with van der Waals surface area (Å²) in [5, 5.41) is 22.7. The van der Waals surface area contributed by atoms with Crippen molar-refractivity contribution in [3.05, 3.63) is 72.0 Å². The van der Waals surface area contributed by atoms with Gasteiger partial charge in [0.05, 0.1) is 11.2 Å². The number of aromatic carboxylic acids is 1. The van der Waals surface area contributed by atoms with Crippen molar-refractivity contribution in [2.24, 2.45) is 5.92 Å².